The molecule has 1 aromatic heterocycles. The Morgan fingerprint density at radius 1 is 1.00 bits per heavy atom. The summed E-state index contributed by atoms with van der Waals surface area (Å²) in [5.74, 6) is 0.692. The first-order valence-electron chi connectivity index (χ1n) is 13.9. The molecule has 0 fully saturated rings. The van der Waals surface area contributed by atoms with E-state index in [0.29, 0.717) is 46.8 Å². The van der Waals surface area contributed by atoms with Gasteiger partial charge in [0, 0.05) is 25.1 Å². The van der Waals surface area contributed by atoms with Gasteiger partial charge in [-0.2, -0.15) is 15.5 Å². The van der Waals surface area contributed by atoms with Crippen LogP contribution < -0.4 is 15.4 Å². The molecule has 2 amide bonds. The van der Waals surface area contributed by atoms with Crippen molar-refractivity contribution in [3.63, 3.8) is 0 Å². The maximum absolute atomic E-state index is 13.7. The van der Waals surface area contributed by atoms with Gasteiger partial charge >= 0.3 is 6.09 Å². The number of ether oxygens (including phenoxy) is 1. The fourth-order valence-corrected chi connectivity index (χ4v) is 5.16. The monoisotopic (exact) mass is 587 g/mol. The van der Waals surface area contributed by atoms with Crippen molar-refractivity contribution in [2.75, 3.05) is 11.9 Å². The molecular formula is C33H29N7O4. The minimum atomic E-state index is -1.28. The molecule has 1 aliphatic heterocycles. The Balaban J connectivity index is 1.49. The third kappa shape index (κ3) is 6.75. The Morgan fingerprint density at radius 2 is 1.68 bits per heavy atom. The number of amides is 2. The SMILES string of the molecule is Cc1cc(C#N)cc(C)c1Oc1nc(Nc2ccc(C#N)cc2)nc2c1CN(C(=O)[C@H](Cc1ccccc1)NC(=O)O)CC2. The van der Waals surface area contributed by atoms with Crippen molar-refractivity contribution in [3.05, 3.63) is 106 Å². The van der Waals surface area contributed by atoms with Crippen LogP contribution in [0.3, 0.4) is 0 Å². The first kappa shape index (κ1) is 29.5. The van der Waals surface area contributed by atoms with Gasteiger partial charge in [0.05, 0.1) is 41.1 Å². The molecule has 0 spiro atoms. The number of carbonyl (C=O) groups excluding carboxylic acids is 1. The predicted molar refractivity (Wildman–Crippen MR) is 161 cm³/mol. The molecule has 3 aromatic carbocycles. The van der Waals surface area contributed by atoms with Crippen molar-refractivity contribution in [2.45, 2.75) is 39.3 Å². The summed E-state index contributed by atoms with van der Waals surface area (Å²) in [5.41, 5.74) is 5.31. The van der Waals surface area contributed by atoms with Gasteiger partial charge < -0.3 is 25.4 Å². The van der Waals surface area contributed by atoms with E-state index < -0.39 is 12.1 Å². The number of nitrogens with one attached hydrogen (secondary N) is 2. The molecule has 4 aromatic rings. The number of nitriles is 2. The van der Waals surface area contributed by atoms with E-state index in [4.69, 9.17) is 15.0 Å². The highest BCUT2D eigenvalue weighted by atomic mass is 16.5. The highest BCUT2D eigenvalue weighted by Gasteiger charge is 2.32. The number of carbonyl (C=O) groups is 2. The number of fused-ring (bicyclic) bond motifs is 1. The number of anilines is 2. The van der Waals surface area contributed by atoms with E-state index in [1.807, 2.05) is 44.2 Å². The van der Waals surface area contributed by atoms with Crippen LogP contribution in [0.5, 0.6) is 11.6 Å². The quantitative estimate of drug-likeness (QED) is 0.253. The van der Waals surface area contributed by atoms with E-state index >= 15 is 0 Å². The zero-order valence-corrected chi connectivity index (χ0v) is 24.2. The van der Waals surface area contributed by atoms with Crippen LogP contribution in [0.1, 0.15) is 39.1 Å². The van der Waals surface area contributed by atoms with Crippen molar-refractivity contribution < 1.29 is 19.4 Å². The number of hydrogen-bond donors (Lipinski definition) is 3. The van der Waals surface area contributed by atoms with E-state index in [0.717, 1.165) is 16.7 Å². The molecule has 0 bridgehead atoms. The minimum absolute atomic E-state index is 0.113. The van der Waals surface area contributed by atoms with Crippen LogP contribution in [0.2, 0.25) is 0 Å². The largest absolute Gasteiger partial charge is 0.465 e. The van der Waals surface area contributed by atoms with Crippen molar-refractivity contribution in [3.8, 4) is 23.8 Å². The molecule has 0 saturated carbocycles. The number of aromatic nitrogens is 2. The van der Waals surface area contributed by atoms with Gasteiger partial charge in [0.2, 0.25) is 17.7 Å². The fourth-order valence-electron chi connectivity index (χ4n) is 5.16. The number of carboxylic acid groups (broad SMARTS) is 1. The maximum Gasteiger partial charge on any atom is 0.405 e. The molecule has 44 heavy (non-hydrogen) atoms. The molecule has 0 radical (unpaired) electrons. The van der Waals surface area contributed by atoms with Gasteiger partial charge in [0.25, 0.3) is 0 Å². The van der Waals surface area contributed by atoms with Crippen LogP contribution in [-0.2, 0) is 24.2 Å². The lowest BCUT2D eigenvalue weighted by Crippen LogP contribution is -2.50. The van der Waals surface area contributed by atoms with E-state index in [9.17, 15) is 20.0 Å². The summed E-state index contributed by atoms with van der Waals surface area (Å²) in [5, 5.41) is 33.5. The molecule has 1 atom stereocenters. The van der Waals surface area contributed by atoms with Crippen molar-refractivity contribution >= 4 is 23.6 Å². The van der Waals surface area contributed by atoms with Gasteiger partial charge in [-0.15, -0.1) is 0 Å². The molecule has 1 aliphatic rings. The number of aryl methyl sites for hydroxylation is 2. The maximum atomic E-state index is 13.7. The van der Waals surface area contributed by atoms with Gasteiger partial charge in [-0.3, -0.25) is 4.79 Å². The summed E-state index contributed by atoms with van der Waals surface area (Å²) < 4.78 is 6.41. The molecule has 2 heterocycles. The summed E-state index contributed by atoms with van der Waals surface area (Å²) >= 11 is 0. The van der Waals surface area contributed by atoms with Crippen molar-refractivity contribution in [1.82, 2.24) is 20.2 Å². The Labute approximate surface area is 254 Å². The summed E-state index contributed by atoms with van der Waals surface area (Å²) in [4.78, 5) is 36.3. The zero-order chi connectivity index (χ0) is 31.2. The second kappa shape index (κ2) is 12.9. The molecule has 3 N–H and O–H groups in total. The standard InChI is InChI=1S/C33H29N7O4/c1-20-14-24(18-35)15-21(2)29(20)44-30-26-19-40(31(41)28(38-33(42)43)16-22-6-4-3-5-7-22)13-12-27(26)37-32(39-30)36-25-10-8-23(17-34)9-11-25/h3-11,14-15,28,38H,12-13,16,19H2,1-2H3,(H,42,43)(H,36,37,39)/t28-/m0/s1. The van der Waals surface area contributed by atoms with Gasteiger partial charge in [-0.05, 0) is 66.9 Å². The number of benzene rings is 3. The second-order valence-corrected chi connectivity index (χ2v) is 10.4. The minimum Gasteiger partial charge on any atom is -0.465 e. The second-order valence-electron chi connectivity index (χ2n) is 10.4. The summed E-state index contributed by atoms with van der Waals surface area (Å²) in [6.07, 6.45) is -0.695. The molecule has 5 rings (SSSR count). The van der Waals surface area contributed by atoms with E-state index in [2.05, 4.69) is 27.8 Å². The van der Waals surface area contributed by atoms with E-state index in [1.54, 1.807) is 41.3 Å². The van der Waals surface area contributed by atoms with Gasteiger partial charge in [-0.25, -0.2) is 9.78 Å². The number of rotatable bonds is 8. The Hall–Kier alpha value is -5.94. The highest BCUT2D eigenvalue weighted by Crippen LogP contribution is 2.35. The molecular weight excluding hydrogens is 558 g/mol. The molecule has 0 saturated heterocycles. The zero-order valence-electron chi connectivity index (χ0n) is 24.2. The first-order valence-corrected chi connectivity index (χ1v) is 13.9. The topological polar surface area (TPSA) is 164 Å². The summed E-state index contributed by atoms with van der Waals surface area (Å²) in [6, 6.07) is 22.8. The van der Waals surface area contributed by atoms with Gasteiger partial charge in [-0.1, -0.05) is 30.3 Å². The highest BCUT2D eigenvalue weighted by molar-refractivity contribution is 5.86. The molecule has 0 unspecified atom stereocenters. The van der Waals surface area contributed by atoms with Crippen LogP contribution in [0.4, 0.5) is 16.4 Å². The lowest BCUT2D eigenvalue weighted by molar-refractivity contribution is -0.134. The van der Waals surface area contributed by atoms with E-state index in [1.165, 1.54) is 0 Å². The fraction of sp³-hybridized carbons (Fsp3) is 0.212. The Kier molecular flexibility index (Phi) is 8.68. The van der Waals surface area contributed by atoms with Crippen molar-refractivity contribution in [1.29, 1.82) is 10.5 Å². The van der Waals surface area contributed by atoms with Crippen LogP contribution in [0.15, 0.2) is 66.7 Å². The third-order valence-electron chi connectivity index (χ3n) is 7.27. The average Bonchev–Trinajstić information content (AvgIpc) is 3.02. The number of nitrogens with zero attached hydrogens (tertiary/aromatic N) is 5. The molecule has 11 nitrogen and oxygen atoms in total. The van der Waals surface area contributed by atoms with Gasteiger partial charge in [0.1, 0.15) is 11.8 Å². The third-order valence-corrected chi connectivity index (χ3v) is 7.27. The van der Waals surface area contributed by atoms with Crippen molar-refractivity contribution in [2.24, 2.45) is 0 Å². The molecule has 220 valence electrons. The van der Waals surface area contributed by atoms with Crippen LogP contribution in [0, 0.1) is 36.5 Å². The Bertz CT molecular complexity index is 1770. The lowest BCUT2D eigenvalue weighted by atomic mass is 10.0. The molecule has 11 heteroatoms. The lowest BCUT2D eigenvalue weighted by Gasteiger charge is -2.32. The van der Waals surface area contributed by atoms with Crippen LogP contribution >= 0.6 is 0 Å². The smallest absolute Gasteiger partial charge is 0.405 e. The molecule has 0 aliphatic carbocycles. The van der Waals surface area contributed by atoms with Crippen LogP contribution in [0.25, 0.3) is 0 Å². The predicted octanol–water partition coefficient (Wildman–Crippen LogP) is 5.14. The first-order chi connectivity index (χ1) is 21.2. The summed E-state index contributed by atoms with van der Waals surface area (Å²) in [7, 11) is 0. The average molecular weight is 588 g/mol. The normalized spacial score (nSPS) is 12.7. The van der Waals surface area contributed by atoms with E-state index in [-0.39, 0.29) is 30.7 Å². The Morgan fingerprint density at radius 3 is 2.32 bits per heavy atom. The van der Waals surface area contributed by atoms with Crippen LogP contribution in [-0.4, -0.2) is 44.6 Å². The number of hydrogen-bond acceptors (Lipinski definition) is 8. The van der Waals surface area contributed by atoms with Gasteiger partial charge in [0.15, 0.2) is 0 Å². The summed E-state index contributed by atoms with van der Waals surface area (Å²) in [6.45, 7) is 4.12.